The van der Waals surface area contributed by atoms with Crippen LogP contribution in [-0.4, -0.2) is 73.2 Å². The largest absolute Gasteiger partial charge is 0.496 e. The van der Waals surface area contributed by atoms with Crippen molar-refractivity contribution >= 4 is 46.5 Å². The van der Waals surface area contributed by atoms with Crippen molar-refractivity contribution in [3.05, 3.63) is 83.5 Å². The molecule has 2 aliphatic heterocycles. The van der Waals surface area contributed by atoms with Crippen LogP contribution in [0.1, 0.15) is 55.1 Å². The maximum absolute atomic E-state index is 13.6. The third-order valence-electron chi connectivity index (χ3n) is 9.18. The lowest BCUT2D eigenvalue weighted by molar-refractivity contribution is -0.122. The number of allylic oxidation sites excluding steroid dienone is 2. The number of nitrogens with one attached hydrogen (secondary N) is 2. The molecule has 1 fully saturated rings. The van der Waals surface area contributed by atoms with E-state index < -0.39 is 0 Å². The fraction of sp³-hybridized carbons (Fsp3) is 0.351. The fourth-order valence-corrected chi connectivity index (χ4v) is 6.80. The molecule has 0 spiro atoms. The summed E-state index contributed by atoms with van der Waals surface area (Å²) in [6, 6.07) is 13.3. The summed E-state index contributed by atoms with van der Waals surface area (Å²) in [5, 5.41) is 7.08. The van der Waals surface area contributed by atoms with Crippen LogP contribution in [0.2, 0.25) is 0 Å². The number of carbonyl (C=O) groups is 2. The molecule has 48 heavy (non-hydrogen) atoms. The lowest BCUT2D eigenvalue weighted by atomic mass is 10.0. The number of aliphatic imine (C=N–C) groups is 2. The van der Waals surface area contributed by atoms with Crippen LogP contribution < -0.4 is 20.1 Å². The molecule has 0 saturated heterocycles. The Hall–Kier alpha value is -5.16. The van der Waals surface area contributed by atoms with E-state index in [0.29, 0.717) is 54.6 Å². The fourth-order valence-electron chi connectivity index (χ4n) is 6.80. The van der Waals surface area contributed by atoms with Crippen molar-refractivity contribution < 1.29 is 23.8 Å². The van der Waals surface area contributed by atoms with Gasteiger partial charge in [-0.2, -0.15) is 0 Å². The molecular formula is C37H42N6O5. The lowest BCUT2D eigenvalue weighted by Gasteiger charge is -2.37. The van der Waals surface area contributed by atoms with Gasteiger partial charge in [0.25, 0.3) is 5.91 Å². The summed E-state index contributed by atoms with van der Waals surface area (Å²) in [7, 11) is 5.04. The van der Waals surface area contributed by atoms with Crippen molar-refractivity contribution in [2.24, 2.45) is 17.0 Å². The summed E-state index contributed by atoms with van der Waals surface area (Å²) in [5.41, 5.74) is 5.88. The van der Waals surface area contributed by atoms with Crippen molar-refractivity contribution in [1.82, 2.24) is 14.8 Å². The number of ether oxygens (including phenoxy) is 3. The molecule has 2 amide bonds. The second kappa shape index (κ2) is 14.3. The number of anilines is 1. The van der Waals surface area contributed by atoms with Crippen LogP contribution in [0.25, 0.3) is 16.6 Å². The van der Waals surface area contributed by atoms with Crippen molar-refractivity contribution in [3.8, 4) is 11.5 Å². The molecule has 3 aliphatic rings. The van der Waals surface area contributed by atoms with Crippen LogP contribution in [0.3, 0.4) is 0 Å². The number of hydrogen-bond donors (Lipinski definition) is 2. The van der Waals surface area contributed by atoms with Gasteiger partial charge in [0, 0.05) is 36.5 Å². The number of aryl methyl sites for hydroxylation is 1. The van der Waals surface area contributed by atoms with Gasteiger partial charge in [-0.1, -0.05) is 18.2 Å². The van der Waals surface area contributed by atoms with E-state index in [2.05, 4.69) is 39.4 Å². The number of fused-ring (bicyclic) bond motifs is 5. The normalized spacial score (nSPS) is 21.7. The first kappa shape index (κ1) is 32.8. The Morgan fingerprint density at radius 2 is 1.96 bits per heavy atom. The van der Waals surface area contributed by atoms with Crippen LogP contribution in [0.15, 0.2) is 82.2 Å². The Kier molecular flexibility index (Phi) is 9.77. The predicted molar refractivity (Wildman–Crippen MR) is 189 cm³/mol. The molecule has 1 aliphatic carbocycles. The SMILES string of the molecule is C=N/C(=C1/C(C)=NC=C2/C=C/CCOCCC(=O)N[C@@H]3CC[C@H](C3)N21)c1ccc(NC(=O)c2cc3c(OC)cccc3n2C)c(OC)c1. The summed E-state index contributed by atoms with van der Waals surface area (Å²) in [5.74, 6) is 0.915. The summed E-state index contributed by atoms with van der Waals surface area (Å²) < 4.78 is 18.8. The predicted octanol–water partition coefficient (Wildman–Crippen LogP) is 5.84. The molecule has 250 valence electrons. The van der Waals surface area contributed by atoms with Crippen LogP contribution in [-0.2, 0) is 16.6 Å². The standard InChI is InChI=1S/C37H42N6O5/c1-23-36(43-26-14-13-25(20-26)40-34(44)16-18-48-17-7-6-9-27(43)22-39-23)35(38-2)24-12-15-29(33(19-24)47-5)41-37(45)31-21-28-30(42(31)3)10-8-11-32(28)46-4/h6,8-12,15,19,21-22,25-26H,2,7,13-14,16-18,20H2,1,3-5H3,(H,40,44)(H,41,45)/b9-6+,36-35-/t25-,26-/m1/s1. The number of hydrogen-bond acceptors (Lipinski definition) is 8. The second-order valence-electron chi connectivity index (χ2n) is 12.1. The zero-order valence-corrected chi connectivity index (χ0v) is 27.9. The highest BCUT2D eigenvalue weighted by Crippen LogP contribution is 2.39. The number of methoxy groups -OCH3 is 2. The lowest BCUT2D eigenvalue weighted by Crippen LogP contribution is -2.39. The van der Waals surface area contributed by atoms with Gasteiger partial charge in [0.15, 0.2) is 0 Å². The van der Waals surface area contributed by atoms with Gasteiger partial charge in [-0.05, 0) is 75.7 Å². The van der Waals surface area contributed by atoms with Gasteiger partial charge in [-0.15, -0.1) is 0 Å². The highest BCUT2D eigenvalue weighted by atomic mass is 16.5. The molecule has 2 N–H and O–H groups in total. The molecule has 2 aromatic carbocycles. The third-order valence-corrected chi connectivity index (χ3v) is 9.18. The molecule has 0 unspecified atom stereocenters. The number of benzene rings is 2. The van der Waals surface area contributed by atoms with Gasteiger partial charge in [0.05, 0.1) is 67.6 Å². The van der Waals surface area contributed by atoms with E-state index >= 15 is 0 Å². The van der Waals surface area contributed by atoms with Gasteiger partial charge in [-0.3, -0.25) is 19.6 Å². The quantitative estimate of drug-likeness (QED) is 0.324. The molecule has 6 rings (SSSR count). The van der Waals surface area contributed by atoms with E-state index in [-0.39, 0.29) is 23.9 Å². The van der Waals surface area contributed by atoms with Gasteiger partial charge < -0.3 is 34.3 Å². The Balaban J connectivity index is 1.35. The molecule has 1 aromatic heterocycles. The molecular weight excluding hydrogens is 608 g/mol. The first-order valence-corrected chi connectivity index (χ1v) is 16.2. The average molecular weight is 651 g/mol. The minimum atomic E-state index is -0.279. The van der Waals surface area contributed by atoms with Crippen LogP contribution in [0.4, 0.5) is 5.69 Å². The highest BCUT2D eigenvalue weighted by molar-refractivity contribution is 6.08. The summed E-state index contributed by atoms with van der Waals surface area (Å²) >= 11 is 0. The van der Waals surface area contributed by atoms with E-state index in [1.165, 1.54) is 0 Å². The van der Waals surface area contributed by atoms with E-state index in [1.54, 1.807) is 14.2 Å². The van der Waals surface area contributed by atoms with Crippen LogP contribution in [0, 0.1) is 0 Å². The number of carbonyl (C=O) groups excluding carboxylic acids is 2. The molecule has 11 nitrogen and oxygen atoms in total. The average Bonchev–Trinajstić information content (AvgIpc) is 3.69. The zero-order chi connectivity index (χ0) is 33.8. The molecule has 1 saturated carbocycles. The van der Waals surface area contributed by atoms with E-state index in [4.69, 9.17) is 19.2 Å². The summed E-state index contributed by atoms with van der Waals surface area (Å²) in [4.78, 5) is 37.7. The van der Waals surface area contributed by atoms with Crippen molar-refractivity contribution in [2.75, 3.05) is 32.8 Å². The number of rotatable bonds is 6. The first-order chi connectivity index (χ1) is 23.3. The van der Waals surface area contributed by atoms with Gasteiger partial charge in [-0.25, -0.2) is 0 Å². The zero-order valence-electron chi connectivity index (χ0n) is 27.9. The van der Waals surface area contributed by atoms with Gasteiger partial charge >= 0.3 is 0 Å². The second-order valence-corrected chi connectivity index (χ2v) is 12.1. The van der Waals surface area contributed by atoms with Crippen molar-refractivity contribution in [1.29, 1.82) is 0 Å². The summed E-state index contributed by atoms with van der Waals surface area (Å²) in [6.07, 6.45) is 9.67. The van der Waals surface area contributed by atoms with Crippen LogP contribution >= 0.6 is 0 Å². The first-order valence-electron chi connectivity index (χ1n) is 16.2. The molecule has 3 aromatic rings. The topological polar surface area (TPSA) is 119 Å². The smallest absolute Gasteiger partial charge is 0.272 e. The molecule has 3 heterocycles. The Labute approximate surface area is 280 Å². The monoisotopic (exact) mass is 650 g/mol. The maximum Gasteiger partial charge on any atom is 0.272 e. The minimum absolute atomic E-state index is 0.0176. The molecule has 2 bridgehead atoms. The van der Waals surface area contributed by atoms with Crippen molar-refractivity contribution in [2.45, 2.75) is 51.1 Å². The Bertz CT molecular complexity index is 1870. The summed E-state index contributed by atoms with van der Waals surface area (Å²) in [6.45, 7) is 6.89. The Morgan fingerprint density at radius 3 is 2.75 bits per heavy atom. The minimum Gasteiger partial charge on any atom is -0.496 e. The van der Waals surface area contributed by atoms with E-state index in [1.807, 2.05) is 67.2 Å². The number of amides is 2. The third kappa shape index (κ3) is 6.50. The highest BCUT2D eigenvalue weighted by Gasteiger charge is 2.36. The number of aromatic nitrogens is 1. The Morgan fingerprint density at radius 1 is 1.12 bits per heavy atom. The molecule has 2 atom stereocenters. The van der Waals surface area contributed by atoms with E-state index in [9.17, 15) is 9.59 Å². The van der Waals surface area contributed by atoms with E-state index in [0.717, 1.165) is 52.8 Å². The van der Waals surface area contributed by atoms with Crippen molar-refractivity contribution in [3.63, 3.8) is 0 Å². The maximum atomic E-state index is 13.6. The molecule has 11 heteroatoms. The van der Waals surface area contributed by atoms with Crippen LogP contribution in [0.5, 0.6) is 11.5 Å². The molecule has 0 radical (unpaired) electrons. The number of nitrogens with zero attached hydrogens (tertiary/aromatic N) is 4. The van der Waals surface area contributed by atoms with Gasteiger partial charge in [0.2, 0.25) is 5.91 Å². The van der Waals surface area contributed by atoms with Gasteiger partial charge in [0.1, 0.15) is 17.2 Å².